The van der Waals surface area contributed by atoms with Crippen LogP contribution >= 0.6 is 11.9 Å². The zero-order valence-corrected chi connectivity index (χ0v) is 21.0. The number of ether oxygens (including phenoxy) is 1. The summed E-state index contributed by atoms with van der Waals surface area (Å²) in [5, 5.41) is 0.331. The monoisotopic (exact) mass is 495 g/mol. The van der Waals surface area contributed by atoms with E-state index in [0.29, 0.717) is 40.8 Å². The highest BCUT2D eigenvalue weighted by Crippen LogP contribution is 2.49. The van der Waals surface area contributed by atoms with Crippen LogP contribution in [0.1, 0.15) is 61.5 Å². The van der Waals surface area contributed by atoms with E-state index in [0.717, 1.165) is 25.7 Å². The molecule has 0 N–H and O–H groups in total. The molecule has 1 saturated carbocycles. The van der Waals surface area contributed by atoms with E-state index in [-0.39, 0.29) is 18.2 Å². The van der Waals surface area contributed by atoms with Gasteiger partial charge in [0.15, 0.2) is 0 Å². The minimum Gasteiger partial charge on any atom is -0.476 e. The SMILES string of the molecule is CC1CC(COc2cnccn2)(c2cc(F)c(CN3SC(c4ccccc4)CC[C@@H]3C)cc2F)C1. The molecular formula is C28H31F2N3OS. The molecule has 3 aromatic rings. The molecule has 0 bridgehead atoms. The number of benzene rings is 2. The normalized spacial score (nSPS) is 26.8. The quantitative estimate of drug-likeness (QED) is 0.334. The van der Waals surface area contributed by atoms with Crippen molar-refractivity contribution in [3.63, 3.8) is 0 Å². The first-order chi connectivity index (χ1) is 16.9. The smallest absolute Gasteiger partial charge is 0.232 e. The Morgan fingerprint density at radius 1 is 1.06 bits per heavy atom. The lowest BCUT2D eigenvalue weighted by molar-refractivity contribution is 0.0807. The van der Waals surface area contributed by atoms with Crippen LogP contribution in [0, 0.1) is 17.6 Å². The molecule has 7 heteroatoms. The van der Waals surface area contributed by atoms with Gasteiger partial charge in [0.1, 0.15) is 11.6 Å². The molecule has 2 heterocycles. The highest BCUT2D eigenvalue weighted by atomic mass is 32.2. The van der Waals surface area contributed by atoms with Crippen molar-refractivity contribution in [2.24, 2.45) is 5.92 Å². The number of hydrogen-bond acceptors (Lipinski definition) is 5. The number of rotatable bonds is 7. The lowest BCUT2D eigenvalue weighted by Gasteiger charge is -2.46. The van der Waals surface area contributed by atoms with E-state index in [2.05, 4.69) is 52.4 Å². The highest BCUT2D eigenvalue weighted by Gasteiger charge is 2.46. The van der Waals surface area contributed by atoms with Crippen molar-refractivity contribution in [1.82, 2.24) is 14.3 Å². The van der Waals surface area contributed by atoms with Crippen LogP contribution < -0.4 is 4.74 Å². The van der Waals surface area contributed by atoms with Gasteiger partial charge in [-0.25, -0.2) is 18.1 Å². The average Bonchev–Trinajstić information content (AvgIpc) is 2.85. The molecular weight excluding hydrogens is 464 g/mol. The van der Waals surface area contributed by atoms with Crippen molar-refractivity contribution in [2.45, 2.75) is 62.8 Å². The molecule has 2 fully saturated rings. The Morgan fingerprint density at radius 3 is 2.57 bits per heavy atom. The molecule has 1 saturated heterocycles. The van der Waals surface area contributed by atoms with Crippen LogP contribution in [0.15, 0.2) is 61.1 Å². The fraction of sp³-hybridized carbons (Fsp3) is 0.429. The van der Waals surface area contributed by atoms with Crippen molar-refractivity contribution in [2.75, 3.05) is 6.61 Å². The van der Waals surface area contributed by atoms with Gasteiger partial charge in [0.25, 0.3) is 0 Å². The molecule has 1 aromatic heterocycles. The van der Waals surface area contributed by atoms with Gasteiger partial charge in [-0.3, -0.25) is 4.98 Å². The van der Waals surface area contributed by atoms with E-state index in [9.17, 15) is 0 Å². The number of halogens is 2. The second-order valence-electron chi connectivity index (χ2n) is 10.1. The predicted molar refractivity (Wildman–Crippen MR) is 135 cm³/mol. The Kier molecular flexibility index (Phi) is 7.07. The first-order valence-corrected chi connectivity index (χ1v) is 13.1. The van der Waals surface area contributed by atoms with Crippen LogP contribution in [0.5, 0.6) is 5.88 Å². The fourth-order valence-corrected chi connectivity index (χ4v) is 6.86. The Hall–Kier alpha value is -2.51. The number of nitrogens with zero attached hydrogens (tertiary/aromatic N) is 3. The third kappa shape index (κ3) is 5.21. The summed E-state index contributed by atoms with van der Waals surface area (Å²) >= 11 is 1.74. The van der Waals surface area contributed by atoms with Crippen molar-refractivity contribution in [3.05, 3.63) is 89.4 Å². The Labute approximate surface area is 210 Å². The molecule has 2 atom stereocenters. The first-order valence-electron chi connectivity index (χ1n) is 12.3. The summed E-state index contributed by atoms with van der Waals surface area (Å²) in [7, 11) is 0. The predicted octanol–water partition coefficient (Wildman–Crippen LogP) is 6.88. The Bertz CT molecular complexity index is 1140. The summed E-state index contributed by atoms with van der Waals surface area (Å²) in [5.74, 6) is 0.121. The van der Waals surface area contributed by atoms with Gasteiger partial charge in [0.2, 0.25) is 5.88 Å². The number of aromatic nitrogens is 2. The molecule has 2 aliphatic rings. The van der Waals surface area contributed by atoms with Crippen molar-refractivity contribution >= 4 is 11.9 Å². The van der Waals surface area contributed by atoms with E-state index in [4.69, 9.17) is 4.74 Å². The largest absolute Gasteiger partial charge is 0.476 e. The highest BCUT2D eigenvalue weighted by molar-refractivity contribution is 7.97. The van der Waals surface area contributed by atoms with Gasteiger partial charge in [0.05, 0.1) is 12.8 Å². The Balaban J connectivity index is 1.34. The summed E-state index contributed by atoms with van der Waals surface area (Å²) in [4.78, 5) is 8.16. The fourth-order valence-electron chi connectivity index (χ4n) is 5.49. The van der Waals surface area contributed by atoms with Crippen LogP contribution in [0.25, 0.3) is 0 Å². The van der Waals surface area contributed by atoms with Crippen molar-refractivity contribution in [1.29, 1.82) is 0 Å². The number of hydrogen-bond donors (Lipinski definition) is 0. The molecule has 184 valence electrons. The molecule has 4 nitrogen and oxygen atoms in total. The van der Waals surface area contributed by atoms with Gasteiger partial charge < -0.3 is 4.74 Å². The summed E-state index contributed by atoms with van der Waals surface area (Å²) in [6, 6.07) is 13.5. The zero-order chi connectivity index (χ0) is 24.4. The second-order valence-corrected chi connectivity index (χ2v) is 11.3. The summed E-state index contributed by atoms with van der Waals surface area (Å²) in [6.45, 7) is 4.91. The van der Waals surface area contributed by atoms with Crippen molar-refractivity contribution < 1.29 is 13.5 Å². The third-order valence-electron chi connectivity index (χ3n) is 7.32. The van der Waals surface area contributed by atoms with Crippen LogP contribution in [-0.2, 0) is 12.0 Å². The minimum atomic E-state index is -0.550. The lowest BCUT2D eigenvalue weighted by atomic mass is 9.59. The molecule has 0 radical (unpaired) electrons. The van der Waals surface area contributed by atoms with Gasteiger partial charge in [-0.1, -0.05) is 49.2 Å². The topological polar surface area (TPSA) is 38.3 Å². The first kappa shape index (κ1) is 24.2. The van der Waals surface area contributed by atoms with Gasteiger partial charge in [-0.15, -0.1) is 0 Å². The van der Waals surface area contributed by atoms with Crippen LogP contribution in [0.2, 0.25) is 0 Å². The maximum atomic E-state index is 15.5. The molecule has 1 aliphatic heterocycles. The molecule has 1 unspecified atom stereocenters. The van der Waals surface area contributed by atoms with E-state index >= 15 is 8.78 Å². The summed E-state index contributed by atoms with van der Waals surface area (Å²) < 4.78 is 39.0. The molecule has 0 spiro atoms. The van der Waals surface area contributed by atoms with Crippen LogP contribution in [0.3, 0.4) is 0 Å². The maximum absolute atomic E-state index is 15.5. The van der Waals surface area contributed by atoms with Crippen LogP contribution in [-0.4, -0.2) is 26.9 Å². The van der Waals surface area contributed by atoms with Gasteiger partial charge in [-0.05, 0) is 56.2 Å². The molecule has 5 rings (SSSR count). The molecule has 0 amide bonds. The molecule has 2 aromatic carbocycles. The van der Waals surface area contributed by atoms with Gasteiger partial charge >= 0.3 is 0 Å². The summed E-state index contributed by atoms with van der Waals surface area (Å²) in [6.07, 6.45) is 8.27. The second kappa shape index (κ2) is 10.2. The van der Waals surface area contributed by atoms with Gasteiger partial charge in [0, 0.05) is 46.8 Å². The third-order valence-corrected chi connectivity index (χ3v) is 8.84. The maximum Gasteiger partial charge on any atom is 0.232 e. The molecule has 35 heavy (non-hydrogen) atoms. The Morgan fingerprint density at radius 2 is 1.86 bits per heavy atom. The van der Waals surface area contributed by atoms with Crippen LogP contribution in [0.4, 0.5) is 8.78 Å². The molecule has 1 aliphatic carbocycles. The van der Waals surface area contributed by atoms with E-state index in [1.165, 1.54) is 23.9 Å². The van der Waals surface area contributed by atoms with E-state index in [1.54, 1.807) is 24.3 Å². The lowest BCUT2D eigenvalue weighted by Crippen LogP contribution is -2.46. The van der Waals surface area contributed by atoms with E-state index in [1.807, 2.05) is 6.07 Å². The van der Waals surface area contributed by atoms with E-state index < -0.39 is 5.41 Å². The minimum absolute atomic E-state index is 0.253. The standard InChI is InChI=1S/C28H31F2N3OS/c1-19-14-28(15-19,18-34-27-16-31-10-11-32-27)23-13-24(29)22(12-25(23)30)17-33-20(2)8-9-26(35-33)21-6-4-3-5-7-21/h3-7,10-13,16,19-20,26H,8-9,14-15,17-18H2,1-2H3/t19?,20-,26?,28?/m0/s1. The van der Waals surface area contributed by atoms with Gasteiger partial charge in [-0.2, -0.15) is 0 Å². The zero-order valence-electron chi connectivity index (χ0n) is 20.2. The average molecular weight is 496 g/mol. The van der Waals surface area contributed by atoms with Crippen molar-refractivity contribution in [3.8, 4) is 5.88 Å². The summed E-state index contributed by atoms with van der Waals surface area (Å²) in [5.41, 5.74) is 1.53.